The zero-order valence-electron chi connectivity index (χ0n) is 16.3. The number of nitrogens with zero attached hydrogens (tertiary/aromatic N) is 2. The number of carboxylic acid groups (broad SMARTS) is 1. The Labute approximate surface area is 172 Å². The lowest BCUT2D eigenvalue weighted by Gasteiger charge is -2.43. The summed E-state index contributed by atoms with van der Waals surface area (Å²) < 4.78 is 25.1. The number of hydrogen-bond acceptors (Lipinski definition) is 5. The van der Waals surface area contributed by atoms with E-state index in [-0.39, 0.29) is 18.5 Å². The van der Waals surface area contributed by atoms with E-state index in [1.165, 1.54) is 12.1 Å². The minimum Gasteiger partial charge on any atom is -0.491 e. The Morgan fingerprint density at radius 2 is 2.07 bits per heavy atom. The Bertz CT molecular complexity index is 1120. The summed E-state index contributed by atoms with van der Waals surface area (Å²) in [7, 11) is 0. The predicted octanol–water partition coefficient (Wildman–Crippen LogP) is 3.59. The van der Waals surface area contributed by atoms with Gasteiger partial charge < -0.3 is 14.6 Å². The number of carboxylic acids is 1. The van der Waals surface area contributed by atoms with E-state index in [2.05, 4.69) is 9.88 Å². The Morgan fingerprint density at radius 3 is 2.83 bits per heavy atom. The van der Waals surface area contributed by atoms with Gasteiger partial charge in [0.05, 0.1) is 17.3 Å². The van der Waals surface area contributed by atoms with Crippen molar-refractivity contribution in [2.45, 2.75) is 25.0 Å². The van der Waals surface area contributed by atoms with Crippen molar-refractivity contribution < 1.29 is 23.8 Å². The first-order valence-electron chi connectivity index (χ1n) is 10.00. The third-order valence-corrected chi connectivity index (χ3v) is 5.84. The molecule has 1 fully saturated rings. The van der Waals surface area contributed by atoms with E-state index in [4.69, 9.17) is 9.47 Å². The van der Waals surface area contributed by atoms with Crippen LogP contribution in [0.25, 0.3) is 10.9 Å². The first-order chi connectivity index (χ1) is 14.6. The molecule has 2 atom stereocenters. The number of benzene rings is 2. The second kappa shape index (κ2) is 7.57. The van der Waals surface area contributed by atoms with Crippen LogP contribution in [0.3, 0.4) is 0 Å². The highest BCUT2D eigenvalue weighted by atomic mass is 19.1. The van der Waals surface area contributed by atoms with E-state index >= 15 is 0 Å². The fourth-order valence-corrected chi connectivity index (χ4v) is 4.13. The quantitative estimate of drug-likeness (QED) is 0.696. The maximum absolute atomic E-state index is 13.3. The van der Waals surface area contributed by atoms with Crippen molar-refractivity contribution in [3.05, 3.63) is 65.6 Å². The van der Waals surface area contributed by atoms with Gasteiger partial charge in [0.15, 0.2) is 0 Å². The average Bonchev–Trinajstić information content (AvgIpc) is 2.70. The zero-order valence-corrected chi connectivity index (χ0v) is 16.3. The molecule has 1 aromatic heterocycles. The lowest BCUT2D eigenvalue weighted by atomic mass is 9.86. The third kappa shape index (κ3) is 3.45. The highest BCUT2D eigenvalue weighted by molar-refractivity contribution is 5.79. The van der Waals surface area contributed by atoms with E-state index in [1.807, 2.05) is 6.07 Å². The maximum Gasteiger partial charge on any atom is 0.312 e. The Morgan fingerprint density at radius 1 is 1.20 bits per heavy atom. The molecule has 6 nitrogen and oxygen atoms in total. The summed E-state index contributed by atoms with van der Waals surface area (Å²) >= 11 is 0. The molecule has 0 saturated carbocycles. The molecule has 5 rings (SSSR count). The van der Waals surface area contributed by atoms with E-state index in [9.17, 15) is 14.3 Å². The molecule has 3 aromatic rings. The number of fused-ring (bicyclic) bond motifs is 2. The molecule has 1 N–H and O–H groups in total. The largest absolute Gasteiger partial charge is 0.491 e. The highest BCUT2D eigenvalue weighted by Gasteiger charge is 2.41. The number of rotatable bonds is 5. The minimum absolute atomic E-state index is 0.137. The predicted molar refractivity (Wildman–Crippen MR) is 108 cm³/mol. The van der Waals surface area contributed by atoms with Crippen LogP contribution in [0.15, 0.2) is 48.5 Å². The molecule has 0 amide bonds. The van der Waals surface area contributed by atoms with Crippen LogP contribution >= 0.6 is 0 Å². The van der Waals surface area contributed by atoms with Crippen LogP contribution in [0.2, 0.25) is 0 Å². The van der Waals surface area contributed by atoms with Crippen LogP contribution in [-0.2, 0) is 11.4 Å². The SMILES string of the molecule is O=C(O)C1c2ccc(OCc3ccc4cc(F)ccc4n3)cc2OCC1N1CCC1. The van der Waals surface area contributed by atoms with Crippen molar-refractivity contribution >= 4 is 16.9 Å². The van der Waals surface area contributed by atoms with Crippen molar-refractivity contribution in [1.82, 2.24) is 9.88 Å². The van der Waals surface area contributed by atoms with Crippen molar-refractivity contribution in [1.29, 1.82) is 0 Å². The molecule has 0 aliphatic carbocycles. The molecule has 0 spiro atoms. The number of hydrogen-bond donors (Lipinski definition) is 1. The molecule has 0 radical (unpaired) electrons. The summed E-state index contributed by atoms with van der Waals surface area (Å²) in [6.45, 7) is 2.43. The number of ether oxygens (including phenoxy) is 2. The van der Waals surface area contributed by atoms with Gasteiger partial charge in [-0.15, -0.1) is 0 Å². The van der Waals surface area contributed by atoms with Crippen LogP contribution < -0.4 is 9.47 Å². The molecule has 1 saturated heterocycles. The van der Waals surface area contributed by atoms with Crippen molar-refractivity contribution in [2.75, 3.05) is 19.7 Å². The average molecular weight is 408 g/mol. The first-order valence-corrected chi connectivity index (χ1v) is 10.00. The number of halogens is 1. The summed E-state index contributed by atoms with van der Waals surface area (Å²) in [5.41, 5.74) is 2.10. The second-order valence-corrected chi connectivity index (χ2v) is 7.71. The molecule has 3 heterocycles. The van der Waals surface area contributed by atoms with Crippen LogP contribution in [0.4, 0.5) is 4.39 Å². The van der Waals surface area contributed by atoms with Gasteiger partial charge in [0.1, 0.15) is 36.4 Å². The monoisotopic (exact) mass is 408 g/mol. The lowest BCUT2D eigenvalue weighted by molar-refractivity contribution is -0.142. The van der Waals surface area contributed by atoms with Crippen molar-refractivity contribution in [2.24, 2.45) is 0 Å². The van der Waals surface area contributed by atoms with Gasteiger partial charge in [-0.1, -0.05) is 12.1 Å². The molecule has 2 aliphatic heterocycles. The first kappa shape index (κ1) is 18.8. The number of carbonyl (C=O) groups is 1. The molecule has 0 bridgehead atoms. The minimum atomic E-state index is -0.832. The lowest BCUT2D eigenvalue weighted by Crippen LogP contribution is -2.53. The van der Waals surface area contributed by atoms with Crippen LogP contribution in [0, 0.1) is 5.82 Å². The summed E-state index contributed by atoms with van der Waals surface area (Å²) in [6.07, 6.45) is 1.10. The van der Waals surface area contributed by atoms with Gasteiger partial charge in [0, 0.05) is 17.0 Å². The second-order valence-electron chi connectivity index (χ2n) is 7.71. The zero-order chi connectivity index (χ0) is 20.7. The Kier molecular flexibility index (Phi) is 4.75. The summed E-state index contributed by atoms with van der Waals surface area (Å²) in [6, 6.07) is 13.2. The summed E-state index contributed by atoms with van der Waals surface area (Å²) in [5.74, 6) is -0.592. The van der Waals surface area contributed by atoms with Crippen LogP contribution in [-0.4, -0.2) is 46.7 Å². The third-order valence-electron chi connectivity index (χ3n) is 5.84. The molecule has 2 aliphatic rings. The Hall–Kier alpha value is -3.19. The van der Waals surface area contributed by atoms with Crippen molar-refractivity contribution in [3.63, 3.8) is 0 Å². The number of likely N-dealkylation sites (tertiary alicyclic amines) is 1. The van der Waals surface area contributed by atoms with Gasteiger partial charge in [0.2, 0.25) is 0 Å². The van der Waals surface area contributed by atoms with E-state index < -0.39 is 11.9 Å². The van der Waals surface area contributed by atoms with Crippen LogP contribution in [0.5, 0.6) is 11.5 Å². The number of aromatic nitrogens is 1. The molecule has 2 aromatic carbocycles. The van der Waals surface area contributed by atoms with Gasteiger partial charge in [-0.3, -0.25) is 9.69 Å². The topological polar surface area (TPSA) is 71.9 Å². The number of aliphatic carboxylic acids is 1. The van der Waals surface area contributed by atoms with Gasteiger partial charge in [-0.25, -0.2) is 9.37 Å². The van der Waals surface area contributed by atoms with Gasteiger partial charge in [-0.05, 0) is 49.8 Å². The molecular weight excluding hydrogens is 387 g/mol. The number of pyridine rings is 1. The molecule has 7 heteroatoms. The summed E-state index contributed by atoms with van der Waals surface area (Å²) in [5, 5.41) is 10.5. The van der Waals surface area contributed by atoms with E-state index in [0.29, 0.717) is 34.9 Å². The van der Waals surface area contributed by atoms with Gasteiger partial charge in [0.25, 0.3) is 0 Å². The molecular formula is C23H21FN2O4. The molecule has 30 heavy (non-hydrogen) atoms. The fraction of sp³-hybridized carbons (Fsp3) is 0.304. The summed E-state index contributed by atoms with van der Waals surface area (Å²) in [4.78, 5) is 18.6. The Balaban J connectivity index is 1.33. The molecule has 154 valence electrons. The van der Waals surface area contributed by atoms with Gasteiger partial charge in [-0.2, -0.15) is 0 Å². The standard InChI is InChI=1S/C23H21FN2O4/c24-15-3-7-19-14(10-15)2-4-16(25-19)12-29-17-5-6-18-21(11-17)30-13-20(22(18)23(27)28)26-8-1-9-26/h2-7,10-11,20,22H,1,8-9,12-13H2,(H,27,28). The smallest absolute Gasteiger partial charge is 0.312 e. The highest BCUT2D eigenvalue weighted by Crippen LogP contribution is 2.39. The van der Waals surface area contributed by atoms with E-state index in [1.54, 1.807) is 30.3 Å². The maximum atomic E-state index is 13.3. The van der Waals surface area contributed by atoms with Gasteiger partial charge >= 0.3 is 5.97 Å². The van der Waals surface area contributed by atoms with Crippen LogP contribution in [0.1, 0.15) is 23.6 Å². The molecule has 2 unspecified atom stereocenters. The fourth-order valence-electron chi connectivity index (χ4n) is 4.13. The normalized spacial score (nSPS) is 20.8. The van der Waals surface area contributed by atoms with Crippen molar-refractivity contribution in [3.8, 4) is 11.5 Å². The van der Waals surface area contributed by atoms with E-state index in [0.717, 1.165) is 24.9 Å².